The maximum atomic E-state index is 11.8. The smallest absolute Gasteiger partial charge is 0.220 e. The molecule has 0 radical (unpaired) electrons. The van der Waals surface area contributed by atoms with Crippen molar-refractivity contribution in [3.8, 4) is 0 Å². The van der Waals surface area contributed by atoms with Crippen LogP contribution in [0.15, 0.2) is 0 Å². The van der Waals surface area contributed by atoms with Gasteiger partial charge in [-0.1, -0.05) is 26.7 Å². The number of rotatable bonds is 8. The molecule has 0 aromatic rings. The summed E-state index contributed by atoms with van der Waals surface area (Å²) in [5, 5.41) is 6.32. The van der Waals surface area contributed by atoms with Crippen LogP contribution in [0.4, 0.5) is 0 Å². The van der Waals surface area contributed by atoms with Crippen molar-refractivity contribution in [2.45, 2.75) is 64.8 Å². The largest absolute Gasteiger partial charge is 0.353 e. The van der Waals surface area contributed by atoms with Crippen LogP contribution in [-0.4, -0.2) is 25.5 Å². The van der Waals surface area contributed by atoms with E-state index in [1.165, 1.54) is 32.1 Å². The zero-order valence-electron chi connectivity index (χ0n) is 12.3. The van der Waals surface area contributed by atoms with Gasteiger partial charge < -0.3 is 10.6 Å². The predicted molar refractivity (Wildman–Crippen MR) is 76.5 cm³/mol. The van der Waals surface area contributed by atoms with E-state index in [1.54, 1.807) is 0 Å². The van der Waals surface area contributed by atoms with E-state index in [1.807, 2.05) is 7.05 Å². The van der Waals surface area contributed by atoms with E-state index < -0.39 is 0 Å². The summed E-state index contributed by atoms with van der Waals surface area (Å²) >= 11 is 0. The molecule has 106 valence electrons. The second kappa shape index (κ2) is 8.52. The Morgan fingerprint density at radius 2 is 2.11 bits per heavy atom. The van der Waals surface area contributed by atoms with E-state index in [2.05, 4.69) is 24.5 Å². The number of hydrogen-bond donors (Lipinski definition) is 2. The van der Waals surface area contributed by atoms with Crippen LogP contribution in [0.1, 0.15) is 58.8 Å². The van der Waals surface area contributed by atoms with Crippen molar-refractivity contribution in [1.29, 1.82) is 0 Å². The van der Waals surface area contributed by atoms with Gasteiger partial charge in [0.05, 0.1) is 0 Å². The van der Waals surface area contributed by atoms with Crippen molar-refractivity contribution in [2.24, 2.45) is 11.8 Å². The third-order valence-corrected chi connectivity index (χ3v) is 3.95. The van der Waals surface area contributed by atoms with Crippen molar-refractivity contribution in [3.63, 3.8) is 0 Å². The molecule has 2 unspecified atom stereocenters. The molecule has 18 heavy (non-hydrogen) atoms. The van der Waals surface area contributed by atoms with E-state index in [4.69, 9.17) is 0 Å². The fourth-order valence-corrected chi connectivity index (χ4v) is 2.82. The second-order valence-corrected chi connectivity index (χ2v) is 6.04. The van der Waals surface area contributed by atoms with Crippen molar-refractivity contribution in [1.82, 2.24) is 10.6 Å². The lowest BCUT2D eigenvalue weighted by Gasteiger charge is -2.21. The highest BCUT2D eigenvalue weighted by atomic mass is 16.1. The van der Waals surface area contributed by atoms with Crippen molar-refractivity contribution < 1.29 is 4.79 Å². The lowest BCUT2D eigenvalue weighted by molar-refractivity contribution is -0.122. The molecule has 0 aliphatic heterocycles. The predicted octanol–water partition coefficient (Wildman–Crippen LogP) is 2.71. The summed E-state index contributed by atoms with van der Waals surface area (Å²) in [6, 6.07) is 0.450. The Bertz CT molecular complexity index is 241. The van der Waals surface area contributed by atoms with Gasteiger partial charge in [0, 0.05) is 12.5 Å². The first-order valence-electron chi connectivity index (χ1n) is 7.57. The molecule has 1 aliphatic rings. The molecule has 1 amide bonds. The molecule has 3 heteroatoms. The lowest BCUT2D eigenvalue weighted by atomic mass is 9.93. The van der Waals surface area contributed by atoms with Crippen LogP contribution >= 0.6 is 0 Å². The molecule has 1 aliphatic carbocycles. The highest BCUT2D eigenvalue weighted by Gasteiger charge is 2.27. The lowest BCUT2D eigenvalue weighted by Crippen LogP contribution is -2.37. The Hall–Kier alpha value is -0.570. The maximum absolute atomic E-state index is 11.8. The SMILES string of the molecule is CNCCCC(=O)NC1CCCC1CCC(C)C. The van der Waals surface area contributed by atoms with E-state index in [0.717, 1.165) is 24.8 Å². The molecule has 0 bridgehead atoms. The Morgan fingerprint density at radius 3 is 2.78 bits per heavy atom. The Kier molecular flexibility index (Phi) is 7.33. The van der Waals surface area contributed by atoms with Gasteiger partial charge in [0.2, 0.25) is 5.91 Å². The highest BCUT2D eigenvalue weighted by molar-refractivity contribution is 5.76. The van der Waals surface area contributed by atoms with Gasteiger partial charge in [-0.3, -0.25) is 4.79 Å². The molecule has 0 heterocycles. The number of nitrogens with one attached hydrogen (secondary N) is 2. The van der Waals surface area contributed by atoms with E-state index in [9.17, 15) is 4.79 Å². The average molecular weight is 254 g/mol. The summed E-state index contributed by atoms with van der Waals surface area (Å²) < 4.78 is 0. The number of carbonyl (C=O) groups is 1. The van der Waals surface area contributed by atoms with Gasteiger partial charge in [0.25, 0.3) is 0 Å². The Morgan fingerprint density at radius 1 is 1.33 bits per heavy atom. The van der Waals surface area contributed by atoms with Gasteiger partial charge in [-0.25, -0.2) is 0 Å². The Labute approximate surface area is 112 Å². The topological polar surface area (TPSA) is 41.1 Å². The normalized spacial score (nSPS) is 23.6. The first kappa shape index (κ1) is 15.5. The van der Waals surface area contributed by atoms with Crippen LogP contribution in [0.25, 0.3) is 0 Å². The molecule has 0 spiro atoms. The standard InChI is InChI=1S/C15H30N2O/c1-12(2)9-10-13-6-4-7-14(13)17-15(18)8-5-11-16-3/h12-14,16H,4-11H2,1-3H3,(H,17,18). The fourth-order valence-electron chi connectivity index (χ4n) is 2.82. The van der Waals surface area contributed by atoms with Crippen molar-refractivity contribution >= 4 is 5.91 Å². The molecular weight excluding hydrogens is 224 g/mol. The minimum atomic E-state index is 0.242. The summed E-state index contributed by atoms with van der Waals surface area (Å²) in [5.74, 6) is 1.74. The molecule has 2 N–H and O–H groups in total. The van der Waals surface area contributed by atoms with E-state index in [0.29, 0.717) is 12.5 Å². The zero-order valence-corrected chi connectivity index (χ0v) is 12.3. The monoisotopic (exact) mass is 254 g/mol. The quantitative estimate of drug-likeness (QED) is 0.654. The zero-order chi connectivity index (χ0) is 13.4. The Balaban J connectivity index is 2.24. The van der Waals surface area contributed by atoms with Crippen LogP contribution in [0.2, 0.25) is 0 Å². The molecule has 1 fully saturated rings. The van der Waals surface area contributed by atoms with Gasteiger partial charge in [0.15, 0.2) is 0 Å². The summed E-state index contributed by atoms with van der Waals surface area (Å²) in [4.78, 5) is 11.8. The molecule has 0 aromatic carbocycles. The third-order valence-electron chi connectivity index (χ3n) is 3.95. The minimum Gasteiger partial charge on any atom is -0.353 e. The molecule has 3 nitrogen and oxygen atoms in total. The summed E-state index contributed by atoms with van der Waals surface area (Å²) in [6.07, 6.45) is 7.93. The number of carbonyl (C=O) groups excluding carboxylic acids is 1. The van der Waals surface area contributed by atoms with Gasteiger partial charge in [-0.05, 0) is 51.1 Å². The fraction of sp³-hybridized carbons (Fsp3) is 0.933. The van der Waals surface area contributed by atoms with Crippen LogP contribution in [0.3, 0.4) is 0 Å². The molecule has 0 aromatic heterocycles. The molecule has 2 atom stereocenters. The summed E-state index contributed by atoms with van der Waals surface area (Å²) in [6.45, 7) is 5.48. The van der Waals surface area contributed by atoms with E-state index in [-0.39, 0.29) is 5.91 Å². The molecule has 1 rings (SSSR count). The second-order valence-electron chi connectivity index (χ2n) is 6.04. The van der Waals surface area contributed by atoms with Crippen LogP contribution in [-0.2, 0) is 4.79 Å². The number of hydrogen-bond acceptors (Lipinski definition) is 2. The molecular formula is C15H30N2O. The van der Waals surface area contributed by atoms with Crippen LogP contribution < -0.4 is 10.6 Å². The first-order chi connectivity index (χ1) is 8.63. The maximum Gasteiger partial charge on any atom is 0.220 e. The van der Waals surface area contributed by atoms with Crippen LogP contribution in [0.5, 0.6) is 0 Å². The van der Waals surface area contributed by atoms with Gasteiger partial charge >= 0.3 is 0 Å². The third kappa shape index (κ3) is 5.85. The first-order valence-corrected chi connectivity index (χ1v) is 7.57. The summed E-state index contributed by atoms with van der Waals surface area (Å²) in [7, 11) is 1.93. The van der Waals surface area contributed by atoms with Gasteiger partial charge in [-0.2, -0.15) is 0 Å². The molecule has 0 saturated heterocycles. The van der Waals surface area contributed by atoms with Crippen molar-refractivity contribution in [3.05, 3.63) is 0 Å². The minimum absolute atomic E-state index is 0.242. The van der Waals surface area contributed by atoms with Crippen LogP contribution in [0, 0.1) is 11.8 Å². The van der Waals surface area contributed by atoms with E-state index >= 15 is 0 Å². The van der Waals surface area contributed by atoms with Crippen molar-refractivity contribution in [2.75, 3.05) is 13.6 Å². The number of amides is 1. The highest BCUT2D eigenvalue weighted by Crippen LogP contribution is 2.30. The molecule has 1 saturated carbocycles. The average Bonchev–Trinajstić information content (AvgIpc) is 2.74. The van der Waals surface area contributed by atoms with Gasteiger partial charge in [-0.15, -0.1) is 0 Å². The van der Waals surface area contributed by atoms with Gasteiger partial charge in [0.1, 0.15) is 0 Å². The summed E-state index contributed by atoms with van der Waals surface area (Å²) in [5.41, 5.74) is 0.